The second-order valence-electron chi connectivity index (χ2n) is 6.83. The van der Waals surface area contributed by atoms with Gasteiger partial charge in [0.1, 0.15) is 0 Å². The van der Waals surface area contributed by atoms with Gasteiger partial charge < -0.3 is 28.6 Å². The summed E-state index contributed by atoms with van der Waals surface area (Å²) in [6.45, 7) is 5.03. The van der Waals surface area contributed by atoms with Gasteiger partial charge in [0, 0.05) is 44.5 Å². The molecule has 28 heavy (non-hydrogen) atoms. The molecule has 2 aromatic carbocycles. The van der Waals surface area contributed by atoms with Gasteiger partial charge in [-0.05, 0) is 29.8 Å². The third-order valence-corrected chi connectivity index (χ3v) is 5.22. The standard InChI is InChI=1S/C21H26N2O5/c1-24-19-10-15(11-20(25-2)21(19)26-3)13-22-6-8-23(9-7-22)16-4-5-17-18(12-16)28-14-27-17/h4-5,10-12H,6-9,13-14H2,1-3H3. The summed E-state index contributed by atoms with van der Waals surface area (Å²) in [6, 6.07) is 10.2. The van der Waals surface area contributed by atoms with Crippen LogP contribution >= 0.6 is 0 Å². The number of benzene rings is 2. The number of rotatable bonds is 6. The Hall–Kier alpha value is -2.80. The maximum absolute atomic E-state index is 5.50. The van der Waals surface area contributed by atoms with Crippen molar-refractivity contribution < 1.29 is 23.7 Å². The SMILES string of the molecule is COc1cc(CN2CCN(c3ccc4c(c3)OCO4)CC2)cc(OC)c1OC. The molecule has 150 valence electrons. The van der Waals surface area contributed by atoms with Crippen molar-refractivity contribution in [3.8, 4) is 28.7 Å². The van der Waals surface area contributed by atoms with Gasteiger partial charge >= 0.3 is 0 Å². The minimum absolute atomic E-state index is 0.307. The molecule has 1 saturated heterocycles. The van der Waals surface area contributed by atoms with Gasteiger partial charge in [-0.15, -0.1) is 0 Å². The Morgan fingerprint density at radius 3 is 2.14 bits per heavy atom. The molecule has 0 saturated carbocycles. The first-order valence-electron chi connectivity index (χ1n) is 9.37. The Labute approximate surface area is 165 Å². The van der Waals surface area contributed by atoms with Crippen molar-refractivity contribution >= 4 is 5.69 Å². The van der Waals surface area contributed by atoms with Crippen molar-refractivity contribution in [3.05, 3.63) is 35.9 Å². The fraction of sp³-hybridized carbons (Fsp3) is 0.429. The van der Waals surface area contributed by atoms with Crippen molar-refractivity contribution in [2.75, 3.05) is 59.2 Å². The average Bonchev–Trinajstić information content (AvgIpc) is 3.21. The van der Waals surface area contributed by atoms with E-state index in [0.717, 1.165) is 49.8 Å². The fourth-order valence-electron chi connectivity index (χ4n) is 3.73. The minimum atomic E-state index is 0.307. The molecule has 2 heterocycles. The van der Waals surface area contributed by atoms with E-state index in [9.17, 15) is 0 Å². The van der Waals surface area contributed by atoms with Crippen LogP contribution in [0.1, 0.15) is 5.56 Å². The van der Waals surface area contributed by atoms with Crippen LogP contribution in [0, 0.1) is 0 Å². The number of hydrogen-bond acceptors (Lipinski definition) is 7. The zero-order valence-corrected chi connectivity index (χ0v) is 16.6. The number of ether oxygens (including phenoxy) is 5. The topological polar surface area (TPSA) is 52.6 Å². The zero-order valence-electron chi connectivity index (χ0n) is 16.6. The van der Waals surface area contributed by atoms with Crippen LogP contribution in [0.5, 0.6) is 28.7 Å². The van der Waals surface area contributed by atoms with Crippen molar-refractivity contribution in [2.45, 2.75) is 6.54 Å². The van der Waals surface area contributed by atoms with Crippen LogP contribution in [0.3, 0.4) is 0 Å². The number of hydrogen-bond donors (Lipinski definition) is 0. The summed E-state index contributed by atoms with van der Waals surface area (Å²) in [5, 5.41) is 0. The molecule has 0 unspecified atom stereocenters. The highest BCUT2D eigenvalue weighted by Crippen LogP contribution is 2.39. The van der Waals surface area contributed by atoms with E-state index >= 15 is 0 Å². The monoisotopic (exact) mass is 386 g/mol. The molecule has 7 heteroatoms. The highest BCUT2D eigenvalue weighted by molar-refractivity contribution is 5.57. The largest absolute Gasteiger partial charge is 0.493 e. The van der Waals surface area contributed by atoms with E-state index in [1.54, 1.807) is 21.3 Å². The van der Waals surface area contributed by atoms with E-state index in [1.165, 1.54) is 5.69 Å². The average molecular weight is 386 g/mol. The van der Waals surface area contributed by atoms with Crippen LogP contribution in [0.2, 0.25) is 0 Å². The van der Waals surface area contributed by atoms with E-state index in [-0.39, 0.29) is 0 Å². The van der Waals surface area contributed by atoms with Gasteiger partial charge in [-0.2, -0.15) is 0 Å². The third kappa shape index (κ3) is 3.62. The summed E-state index contributed by atoms with van der Waals surface area (Å²) < 4.78 is 27.2. The van der Waals surface area contributed by atoms with E-state index in [4.69, 9.17) is 23.7 Å². The molecule has 0 radical (unpaired) electrons. The molecular weight excluding hydrogens is 360 g/mol. The van der Waals surface area contributed by atoms with Gasteiger partial charge in [-0.25, -0.2) is 0 Å². The molecule has 0 N–H and O–H groups in total. The quantitative estimate of drug-likeness (QED) is 0.757. The lowest BCUT2D eigenvalue weighted by atomic mass is 10.1. The number of methoxy groups -OCH3 is 3. The van der Waals surface area contributed by atoms with Gasteiger partial charge in [-0.1, -0.05) is 0 Å². The Morgan fingerprint density at radius 2 is 1.50 bits per heavy atom. The third-order valence-electron chi connectivity index (χ3n) is 5.22. The van der Waals surface area contributed by atoms with Crippen LogP contribution in [0.25, 0.3) is 0 Å². The molecule has 0 aliphatic carbocycles. The maximum Gasteiger partial charge on any atom is 0.231 e. The second-order valence-corrected chi connectivity index (χ2v) is 6.83. The first-order valence-corrected chi connectivity index (χ1v) is 9.37. The Morgan fingerprint density at radius 1 is 0.821 bits per heavy atom. The summed E-state index contributed by atoms with van der Waals surface area (Å²) in [7, 11) is 4.91. The molecule has 2 aliphatic heterocycles. The van der Waals surface area contributed by atoms with Gasteiger partial charge in [0.2, 0.25) is 12.5 Å². The predicted molar refractivity (Wildman–Crippen MR) is 106 cm³/mol. The highest BCUT2D eigenvalue weighted by atomic mass is 16.7. The van der Waals surface area contributed by atoms with Gasteiger partial charge in [0.25, 0.3) is 0 Å². The molecule has 2 aliphatic rings. The van der Waals surface area contributed by atoms with E-state index in [0.29, 0.717) is 24.0 Å². The Bertz CT molecular complexity index is 809. The summed E-state index contributed by atoms with van der Waals surface area (Å²) in [5.41, 5.74) is 2.32. The second kappa shape index (κ2) is 8.06. The molecule has 4 rings (SSSR count). The van der Waals surface area contributed by atoms with Crippen LogP contribution < -0.4 is 28.6 Å². The van der Waals surface area contributed by atoms with Crippen LogP contribution in [0.15, 0.2) is 30.3 Å². The van der Waals surface area contributed by atoms with E-state index in [1.807, 2.05) is 18.2 Å². The molecule has 0 atom stereocenters. The maximum atomic E-state index is 5.50. The minimum Gasteiger partial charge on any atom is -0.493 e. The lowest BCUT2D eigenvalue weighted by molar-refractivity contribution is 0.174. The van der Waals surface area contributed by atoms with Crippen LogP contribution in [-0.2, 0) is 6.54 Å². The Kier molecular flexibility index (Phi) is 5.34. The molecule has 7 nitrogen and oxygen atoms in total. The van der Waals surface area contributed by atoms with E-state index < -0.39 is 0 Å². The summed E-state index contributed by atoms with van der Waals surface area (Å²) >= 11 is 0. The Balaban J connectivity index is 1.40. The number of nitrogens with zero attached hydrogens (tertiary/aromatic N) is 2. The summed E-state index contributed by atoms with van der Waals surface area (Å²) in [5.74, 6) is 3.66. The fourth-order valence-corrected chi connectivity index (χ4v) is 3.73. The lowest BCUT2D eigenvalue weighted by Gasteiger charge is -2.36. The normalized spacial score (nSPS) is 16.2. The van der Waals surface area contributed by atoms with Crippen molar-refractivity contribution in [1.29, 1.82) is 0 Å². The molecule has 1 fully saturated rings. The predicted octanol–water partition coefficient (Wildman–Crippen LogP) is 2.76. The lowest BCUT2D eigenvalue weighted by Crippen LogP contribution is -2.45. The van der Waals surface area contributed by atoms with Crippen LogP contribution in [-0.4, -0.2) is 59.2 Å². The molecular formula is C21H26N2O5. The summed E-state index contributed by atoms with van der Waals surface area (Å²) in [4.78, 5) is 4.82. The van der Waals surface area contributed by atoms with Crippen molar-refractivity contribution in [2.24, 2.45) is 0 Å². The first kappa shape index (κ1) is 18.6. The number of fused-ring (bicyclic) bond motifs is 1. The van der Waals surface area contributed by atoms with Crippen molar-refractivity contribution in [3.63, 3.8) is 0 Å². The molecule has 2 aromatic rings. The van der Waals surface area contributed by atoms with Crippen LogP contribution in [0.4, 0.5) is 5.69 Å². The molecule has 0 bridgehead atoms. The van der Waals surface area contributed by atoms with Crippen molar-refractivity contribution in [1.82, 2.24) is 4.90 Å². The van der Waals surface area contributed by atoms with E-state index in [2.05, 4.69) is 21.9 Å². The smallest absolute Gasteiger partial charge is 0.231 e. The number of anilines is 1. The van der Waals surface area contributed by atoms with Gasteiger partial charge in [0.05, 0.1) is 21.3 Å². The zero-order chi connectivity index (χ0) is 19.5. The van der Waals surface area contributed by atoms with Gasteiger partial charge in [-0.3, -0.25) is 4.90 Å². The number of piperazine rings is 1. The molecule has 0 amide bonds. The summed E-state index contributed by atoms with van der Waals surface area (Å²) in [6.07, 6.45) is 0. The van der Waals surface area contributed by atoms with Gasteiger partial charge in [0.15, 0.2) is 23.0 Å². The molecule has 0 spiro atoms. The molecule has 0 aromatic heterocycles. The highest BCUT2D eigenvalue weighted by Gasteiger charge is 2.21. The first-order chi connectivity index (χ1) is 13.7.